The molecular formula is C18H19N3O3S2. The van der Waals surface area contributed by atoms with Gasteiger partial charge in [0, 0.05) is 25.3 Å². The Labute approximate surface area is 156 Å². The van der Waals surface area contributed by atoms with Gasteiger partial charge in [0.1, 0.15) is 0 Å². The average Bonchev–Trinajstić information content (AvgIpc) is 3.03. The fourth-order valence-electron chi connectivity index (χ4n) is 2.40. The van der Waals surface area contributed by atoms with Crippen LogP contribution in [0.25, 0.3) is 10.1 Å². The molecule has 2 N–H and O–H groups in total. The van der Waals surface area contributed by atoms with Crippen molar-refractivity contribution in [1.82, 2.24) is 9.62 Å². The first-order valence-corrected chi connectivity index (χ1v) is 10.2. The van der Waals surface area contributed by atoms with E-state index in [1.165, 1.54) is 16.2 Å². The third-order valence-electron chi connectivity index (χ3n) is 3.69. The van der Waals surface area contributed by atoms with Gasteiger partial charge in [-0.3, -0.25) is 9.52 Å². The first-order valence-electron chi connectivity index (χ1n) is 7.91. The lowest BCUT2D eigenvalue weighted by Crippen LogP contribution is -2.29. The van der Waals surface area contributed by atoms with Crippen molar-refractivity contribution >= 4 is 43.2 Å². The fourth-order valence-corrected chi connectivity index (χ4v) is 4.33. The molecule has 0 saturated heterocycles. The van der Waals surface area contributed by atoms with Crippen LogP contribution in [0.1, 0.15) is 15.2 Å². The smallest absolute Gasteiger partial charge is 0.299 e. The van der Waals surface area contributed by atoms with Crippen molar-refractivity contribution < 1.29 is 13.2 Å². The second-order valence-electron chi connectivity index (χ2n) is 5.98. The van der Waals surface area contributed by atoms with Crippen LogP contribution in [-0.2, 0) is 16.8 Å². The predicted octanol–water partition coefficient (Wildman–Crippen LogP) is 3.05. The lowest BCUT2D eigenvalue weighted by atomic mass is 10.2. The Kier molecular flexibility index (Phi) is 5.26. The van der Waals surface area contributed by atoms with Crippen LogP contribution in [0.3, 0.4) is 0 Å². The van der Waals surface area contributed by atoms with Crippen molar-refractivity contribution in [2.24, 2.45) is 0 Å². The van der Waals surface area contributed by atoms with Crippen LogP contribution in [0.2, 0.25) is 0 Å². The molecule has 26 heavy (non-hydrogen) atoms. The summed E-state index contributed by atoms with van der Waals surface area (Å²) in [7, 11) is -0.298. The number of nitrogens with one attached hydrogen (secondary N) is 2. The third kappa shape index (κ3) is 4.40. The van der Waals surface area contributed by atoms with Crippen LogP contribution in [0.5, 0.6) is 0 Å². The van der Waals surface area contributed by atoms with E-state index in [2.05, 4.69) is 9.44 Å². The van der Waals surface area contributed by atoms with Crippen LogP contribution in [0, 0.1) is 0 Å². The van der Waals surface area contributed by atoms with Gasteiger partial charge in [-0.25, -0.2) is 0 Å². The van der Waals surface area contributed by atoms with E-state index in [9.17, 15) is 13.2 Å². The van der Waals surface area contributed by atoms with E-state index in [4.69, 9.17) is 0 Å². The topological polar surface area (TPSA) is 78.5 Å². The Morgan fingerprint density at radius 2 is 1.81 bits per heavy atom. The van der Waals surface area contributed by atoms with E-state index in [1.54, 1.807) is 32.3 Å². The van der Waals surface area contributed by atoms with Crippen LogP contribution >= 0.6 is 11.3 Å². The van der Waals surface area contributed by atoms with Crippen molar-refractivity contribution in [2.75, 3.05) is 18.8 Å². The first-order chi connectivity index (χ1) is 12.3. The molecule has 8 heteroatoms. The number of thiophene rings is 1. The minimum absolute atomic E-state index is 0.0714. The Balaban J connectivity index is 1.74. The van der Waals surface area contributed by atoms with Crippen molar-refractivity contribution in [3.63, 3.8) is 0 Å². The van der Waals surface area contributed by atoms with Gasteiger partial charge in [-0.15, -0.1) is 11.3 Å². The van der Waals surface area contributed by atoms with Gasteiger partial charge in [-0.2, -0.15) is 13.1 Å². The molecular weight excluding hydrogens is 370 g/mol. The number of fused-ring (bicyclic) bond motifs is 1. The van der Waals surface area contributed by atoms with Crippen LogP contribution in [-0.4, -0.2) is 33.3 Å². The zero-order valence-corrected chi connectivity index (χ0v) is 16.0. The zero-order valence-electron chi connectivity index (χ0n) is 14.4. The van der Waals surface area contributed by atoms with Gasteiger partial charge in [-0.1, -0.05) is 30.3 Å². The van der Waals surface area contributed by atoms with E-state index in [0.717, 1.165) is 15.6 Å². The van der Waals surface area contributed by atoms with Crippen molar-refractivity contribution in [3.05, 3.63) is 65.0 Å². The first kappa shape index (κ1) is 18.4. The molecule has 0 spiro atoms. The van der Waals surface area contributed by atoms with Crippen molar-refractivity contribution in [2.45, 2.75) is 6.54 Å². The molecule has 1 heterocycles. The highest BCUT2D eigenvalue weighted by Gasteiger charge is 2.14. The summed E-state index contributed by atoms with van der Waals surface area (Å²) in [6, 6.07) is 16.3. The third-order valence-corrected chi connectivity index (χ3v) is 5.83. The monoisotopic (exact) mass is 389 g/mol. The molecule has 0 radical (unpaired) electrons. The molecule has 0 saturated carbocycles. The molecule has 3 aromatic rings. The Bertz CT molecular complexity index is 1030. The van der Waals surface area contributed by atoms with Gasteiger partial charge >= 0.3 is 0 Å². The number of hydrogen-bond acceptors (Lipinski definition) is 4. The number of nitrogens with zero attached hydrogens (tertiary/aromatic N) is 1. The Morgan fingerprint density at radius 3 is 2.50 bits per heavy atom. The lowest BCUT2D eigenvalue weighted by Gasteiger charge is -2.09. The SMILES string of the molecule is CN(C)C(=O)c1cc2cc(NS(=O)(=O)NCc3ccccc3)ccc2s1. The van der Waals surface area contributed by atoms with Gasteiger partial charge in [0.15, 0.2) is 0 Å². The molecule has 0 fully saturated rings. The highest BCUT2D eigenvalue weighted by atomic mass is 32.2. The summed E-state index contributed by atoms with van der Waals surface area (Å²) in [5.41, 5.74) is 1.32. The van der Waals surface area contributed by atoms with Crippen LogP contribution in [0.4, 0.5) is 5.69 Å². The summed E-state index contributed by atoms with van der Waals surface area (Å²) in [5, 5.41) is 0.823. The molecule has 3 rings (SSSR count). The standard InChI is InChI=1S/C18H19N3O3S2/c1-21(2)18(22)17-11-14-10-15(8-9-16(14)25-17)20-26(23,24)19-12-13-6-4-3-5-7-13/h3-11,19-20H,12H2,1-2H3. The maximum absolute atomic E-state index is 12.2. The van der Waals surface area contributed by atoms with Crippen molar-refractivity contribution in [3.8, 4) is 0 Å². The van der Waals surface area contributed by atoms with Gasteiger partial charge < -0.3 is 4.90 Å². The minimum atomic E-state index is -3.70. The molecule has 2 aromatic carbocycles. The Hall–Kier alpha value is -2.42. The quantitative estimate of drug-likeness (QED) is 0.680. The second kappa shape index (κ2) is 7.45. The van der Waals surface area contributed by atoms with E-state index in [-0.39, 0.29) is 12.5 Å². The summed E-state index contributed by atoms with van der Waals surface area (Å²) >= 11 is 1.38. The van der Waals surface area contributed by atoms with E-state index >= 15 is 0 Å². The number of rotatable bonds is 6. The normalized spacial score (nSPS) is 11.5. The van der Waals surface area contributed by atoms with Gasteiger partial charge in [0.2, 0.25) is 0 Å². The fraction of sp³-hybridized carbons (Fsp3) is 0.167. The largest absolute Gasteiger partial charge is 0.344 e. The molecule has 6 nitrogen and oxygen atoms in total. The highest BCUT2D eigenvalue weighted by molar-refractivity contribution is 7.90. The van der Waals surface area contributed by atoms with Gasteiger partial charge in [0.25, 0.3) is 16.1 Å². The molecule has 1 aromatic heterocycles. The van der Waals surface area contributed by atoms with E-state index < -0.39 is 10.2 Å². The maximum Gasteiger partial charge on any atom is 0.299 e. The molecule has 0 atom stereocenters. The van der Waals surface area contributed by atoms with Crippen LogP contribution < -0.4 is 9.44 Å². The molecule has 0 bridgehead atoms. The highest BCUT2D eigenvalue weighted by Crippen LogP contribution is 2.29. The molecule has 0 unspecified atom stereocenters. The Morgan fingerprint density at radius 1 is 1.08 bits per heavy atom. The van der Waals surface area contributed by atoms with E-state index in [0.29, 0.717) is 10.6 Å². The molecule has 0 aliphatic heterocycles. The summed E-state index contributed by atoms with van der Waals surface area (Å²) < 4.78 is 30.4. The molecule has 0 aliphatic rings. The van der Waals surface area contributed by atoms with Crippen molar-refractivity contribution in [1.29, 1.82) is 0 Å². The number of benzene rings is 2. The second-order valence-corrected chi connectivity index (χ2v) is 8.56. The average molecular weight is 390 g/mol. The number of carbonyl (C=O) groups excluding carboxylic acids is 1. The predicted molar refractivity (Wildman–Crippen MR) is 106 cm³/mol. The molecule has 136 valence electrons. The van der Waals surface area contributed by atoms with E-state index in [1.807, 2.05) is 36.4 Å². The number of carbonyl (C=O) groups is 1. The summed E-state index contributed by atoms with van der Waals surface area (Å²) in [4.78, 5) is 14.2. The van der Waals surface area contributed by atoms with Crippen LogP contribution in [0.15, 0.2) is 54.6 Å². The molecule has 0 aliphatic carbocycles. The zero-order chi connectivity index (χ0) is 18.7. The molecule has 1 amide bonds. The van der Waals surface area contributed by atoms with Gasteiger partial charge in [0.05, 0.1) is 10.6 Å². The number of anilines is 1. The summed E-state index contributed by atoms with van der Waals surface area (Å²) in [5.74, 6) is -0.0714. The maximum atomic E-state index is 12.2. The number of hydrogen-bond donors (Lipinski definition) is 2. The van der Waals surface area contributed by atoms with Gasteiger partial charge in [-0.05, 0) is 35.2 Å². The summed E-state index contributed by atoms with van der Waals surface area (Å²) in [6.07, 6.45) is 0. The minimum Gasteiger partial charge on any atom is -0.344 e. The lowest BCUT2D eigenvalue weighted by molar-refractivity contribution is 0.0832. The summed E-state index contributed by atoms with van der Waals surface area (Å²) in [6.45, 7) is 0.207. The number of amides is 1.